The Labute approximate surface area is 302 Å². The summed E-state index contributed by atoms with van der Waals surface area (Å²) in [5.74, 6) is 6.34. The number of fused-ring (bicyclic) bond motifs is 10. The van der Waals surface area contributed by atoms with Crippen molar-refractivity contribution in [2.75, 3.05) is 0 Å². The van der Waals surface area contributed by atoms with Gasteiger partial charge in [0.2, 0.25) is 0 Å². The molecule has 45 heavy (non-hydrogen) atoms. The molecule has 8 fully saturated rings. The standard InChI is InChI=1S/C38H60I2O4S/c1-35-17-13-25(21-23(35)5-7-27-29-9-11-33(39)37(29,3)19-15-31(27)35)43-45(41,42)44-26-14-18-36(2)24(22-26)6-8-28-30-10-12-34(40)38(30,4)20-16-32(28)36/h23-34H,5-22H2,1-4H3/t23-,24-,25-,26-,27+,28+,29+,30+,31+,32+,33+,34+,35+,36+,37+,38+/m1/s1. The van der Waals surface area contributed by atoms with Crippen molar-refractivity contribution in [3.05, 3.63) is 0 Å². The SMILES string of the molecule is C[C@]12CC[C@@H](OS(=O)(=O)O[C@@H]3CC[C@@]4(C)[C@H](CC[C@@H]5[C@@H]4CC[C@]4(C)[C@@H](I)CC[C@@H]54)C3)C[C@H]1CC[C@@H]1[C@@H]2CC[C@]2(C)[C@@H](I)CC[C@@H]12. The lowest BCUT2D eigenvalue weighted by molar-refractivity contribution is -0.122. The molecule has 256 valence electrons. The smallest absolute Gasteiger partial charge is 0.245 e. The minimum atomic E-state index is -4.00. The van der Waals surface area contributed by atoms with Crippen molar-refractivity contribution < 1.29 is 16.8 Å². The lowest BCUT2D eigenvalue weighted by atomic mass is 9.45. The average molecular weight is 867 g/mol. The van der Waals surface area contributed by atoms with Crippen molar-refractivity contribution in [3.8, 4) is 0 Å². The Morgan fingerprint density at radius 2 is 0.867 bits per heavy atom. The zero-order valence-corrected chi connectivity index (χ0v) is 33.6. The fourth-order valence-corrected chi connectivity index (χ4v) is 18.2. The number of halogens is 2. The number of hydrogen-bond acceptors (Lipinski definition) is 4. The summed E-state index contributed by atoms with van der Waals surface area (Å²) in [7, 11) is -4.00. The van der Waals surface area contributed by atoms with Crippen LogP contribution in [0.15, 0.2) is 0 Å². The molecule has 8 aliphatic carbocycles. The summed E-state index contributed by atoms with van der Waals surface area (Å²) < 4.78 is 40.5. The maximum absolute atomic E-state index is 13.4. The molecule has 0 radical (unpaired) electrons. The summed E-state index contributed by atoms with van der Waals surface area (Å²) in [5, 5.41) is 0. The summed E-state index contributed by atoms with van der Waals surface area (Å²) >= 11 is 5.52. The van der Waals surface area contributed by atoms with Crippen LogP contribution in [0, 0.1) is 69.0 Å². The molecule has 0 heterocycles. The summed E-state index contributed by atoms with van der Waals surface area (Å²) in [6.45, 7) is 10.3. The summed E-state index contributed by atoms with van der Waals surface area (Å²) in [6, 6.07) is 0. The van der Waals surface area contributed by atoms with E-state index < -0.39 is 10.4 Å². The van der Waals surface area contributed by atoms with Gasteiger partial charge >= 0.3 is 10.4 Å². The van der Waals surface area contributed by atoms with Gasteiger partial charge in [-0.25, -0.2) is 8.37 Å². The van der Waals surface area contributed by atoms with Gasteiger partial charge in [-0.3, -0.25) is 0 Å². The molecule has 0 unspecified atom stereocenters. The Bertz CT molecular complexity index is 1170. The second-order valence-corrected chi connectivity index (χ2v) is 23.1. The van der Waals surface area contributed by atoms with Gasteiger partial charge in [0.05, 0.1) is 12.2 Å². The van der Waals surface area contributed by atoms with Crippen LogP contribution >= 0.6 is 45.2 Å². The van der Waals surface area contributed by atoms with Crippen LogP contribution in [0.5, 0.6) is 0 Å². The molecule has 0 amide bonds. The van der Waals surface area contributed by atoms with E-state index in [0.717, 1.165) is 81.9 Å². The molecule has 4 nitrogen and oxygen atoms in total. The molecule has 7 heteroatoms. The number of alkyl halides is 2. The predicted molar refractivity (Wildman–Crippen MR) is 198 cm³/mol. The van der Waals surface area contributed by atoms with E-state index in [0.29, 0.717) is 33.5 Å². The van der Waals surface area contributed by atoms with Crippen LogP contribution < -0.4 is 0 Å². The van der Waals surface area contributed by atoms with Crippen LogP contribution in [-0.2, 0) is 18.8 Å². The quantitative estimate of drug-likeness (QED) is 0.209. The molecule has 0 aromatic heterocycles. The highest BCUT2D eigenvalue weighted by molar-refractivity contribution is 14.1. The van der Waals surface area contributed by atoms with Gasteiger partial charge in [-0.1, -0.05) is 72.9 Å². The van der Waals surface area contributed by atoms with Gasteiger partial charge in [-0.15, -0.1) is 0 Å². The summed E-state index contributed by atoms with van der Waals surface area (Å²) in [6.07, 6.45) is 21.7. The Kier molecular flexibility index (Phi) is 8.69. The van der Waals surface area contributed by atoms with E-state index in [-0.39, 0.29) is 12.2 Å². The fourth-order valence-electron chi connectivity index (χ4n) is 14.8. The molecule has 0 aromatic carbocycles. The molecule has 8 aliphatic rings. The molecule has 0 saturated heterocycles. The van der Waals surface area contributed by atoms with E-state index in [2.05, 4.69) is 72.9 Å². The van der Waals surface area contributed by atoms with E-state index in [1.165, 1.54) is 77.0 Å². The minimum Gasteiger partial charge on any atom is -0.245 e. The van der Waals surface area contributed by atoms with Crippen molar-refractivity contribution in [1.82, 2.24) is 0 Å². The molecule has 8 saturated carbocycles. The van der Waals surface area contributed by atoms with Crippen molar-refractivity contribution >= 4 is 55.6 Å². The Hall–Kier alpha value is 1.33. The molecule has 8 rings (SSSR count). The molecular weight excluding hydrogens is 806 g/mol. The van der Waals surface area contributed by atoms with Crippen LogP contribution in [0.2, 0.25) is 0 Å². The first-order valence-electron chi connectivity index (χ1n) is 19.2. The Morgan fingerprint density at radius 3 is 1.29 bits per heavy atom. The van der Waals surface area contributed by atoms with Crippen LogP contribution in [0.4, 0.5) is 0 Å². The molecule has 0 bridgehead atoms. The fraction of sp³-hybridized carbons (Fsp3) is 1.00. The molecule has 16 atom stereocenters. The van der Waals surface area contributed by atoms with Crippen LogP contribution in [0.1, 0.15) is 143 Å². The lowest BCUT2D eigenvalue weighted by Gasteiger charge is -2.61. The minimum absolute atomic E-state index is 0.210. The van der Waals surface area contributed by atoms with Crippen LogP contribution in [-0.4, -0.2) is 28.5 Å². The molecule has 0 N–H and O–H groups in total. The molecule has 0 aliphatic heterocycles. The molecule has 0 spiro atoms. The van der Waals surface area contributed by atoms with E-state index in [4.69, 9.17) is 8.37 Å². The lowest BCUT2D eigenvalue weighted by Crippen LogP contribution is -2.54. The third-order valence-corrected chi connectivity index (χ3v) is 22.6. The zero-order chi connectivity index (χ0) is 31.6. The van der Waals surface area contributed by atoms with Crippen molar-refractivity contribution in [1.29, 1.82) is 0 Å². The third-order valence-electron chi connectivity index (χ3n) is 17.5. The first-order chi connectivity index (χ1) is 21.3. The Balaban J connectivity index is 0.876. The average Bonchev–Trinajstić information content (AvgIpc) is 3.47. The van der Waals surface area contributed by atoms with E-state index in [9.17, 15) is 8.42 Å². The second kappa shape index (κ2) is 11.7. The Morgan fingerprint density at radius 1 is 0.489 bits per heavy atom. The summed E-state index contributed by atoms with van der Waals surface area (Å²) in [5.41, 5.74) is 1.77. The topological polar surface area (TPSA) is 52.6 Å². The van der Waals surface area contributed by atoms with Crippen molar-refractivity contribution in [2.24, 2.45) is 69.0 Å². The predicted octanol–water partition coefficient (Wildman–Crippen LogP) is 10.7. The van der Waals surface area contributed by atoms with E-state index in [1.54, 1.807) is 0 Å². The van der Waals surface area contributed by atoms with Gasteiger partial charge in [-0.2, -0.15) is 8.42 Å². The maximum atomic E-state index is 13.4. The summed E-state index contributed by atoms with van der Waals surface area (Å²) in [4.78, 5) is 0. The van der Waals surface area contributed by atoms with E-state index in [1.807, 2.05) is 0 Å². The number of hydrogen-bond donors (Lipinski definition) is 0. The van der Waals surface area contributed by atoms with Crippen molar-refractivity contribution in [2.45, 2.75) is 163 Å². The van der Waals surface area contributed by atoms with E-state index >= 15 is 0 Å². The normalized spacial score (nSPS) is 57.6. The van der Waals surface area contributed by atoms with Crippen LogP contribution in [0.3, 0.4) is 0 Å². The highest BCUT2D eigenvalue weighted by Crippen LogP contribution is 2.69. The van der Waals surface area contributed by atoms with Gasteiger partial charge in [0.1, 0.15) is 0 Å². The van der Waals surface area contributed by atoms with Gasteiger partial charge in [0, 0.05) is 7.85 Å². The van der Waals surface area contributed by atoms with Crippen molar-refractivity contribution in [3.63, 3.8) is 0 Å². The number of rotatable bonds is 4. The largest absolute Gasteiger partial charge is 0.400 e. The van der Waals surface area contributed by atoms with Gasteiger partial charge in [-0.05, 0) is 185 Å². The maximum Gasteiger partial charge on any atom is 0.400 e. The highest BCUT2D eigenvalue weighted by atomic mass is 127. The monoisotopic (exact) mass is 866 g/mol. The van der Waals surface area contributed by atoms with Crippen LogP contribution in [0.25, 0.3) is 0 Å². The third kappa shape index (κ3) is 5.25. The second-order valence-electron chi connectivity index (χ2n) is 18.9. The van der Waals surface area contributed by atoms with Gasteiger partial charge < -0.3 is 0 Å². The first-order valence-corrected chi connectivity index (χ1v) is 23.0. The van der Waals surface area contributed by atoms with Gasteiger partial charge in [0.25, 0.3) is 0 Å². The van der Waals surface area contributed by atoms with Gasteiger partial charge in [0.15, 0.2) is 0 Å². The first kappa shape index (κ1) is 33.5. The molecular formula is C38H60I2O4S. The molecule has 0 aromatic rings. The zero-order valence-electron chi connectivity index (χ0n) is 28.5. The highest BCUT2D eigenvalue weighted by Gasteiger charge is 2.62.